The maximum absolute atomic E-state index is 13.5. The fraction of sp³-hybridized carbons (Fsp3) is 0.321. The summed E-state index contributed by atoms with van der Waals surface area (Å²) in [5, 5.41) is 12.5. The van der Waals surface area contributed by atoms with Crippen molar-refractivity contribution < 1.29 is 4.79 Å². The third-order valence-corrected chi connectivity index (χ3v) is 6.26. The molecule has 0 bridgehead atoms. The smallest absolute Gasteiger partial charge is 0.272 e. The highest BCUT2D eigenvalue weighted by Crippen LogP contribution is 2.31. The van der Waals surface area contributed by atoms with Crippen molar-refractivity contribution in [3.8, 4) is 23.6 Å². The molecule has 1 atom stereocenters. The lowest BCUT2D eigenvalue weighted by Crippen LogP contribution is -2.42. The Morgan fingerprint density at radius 1 is 1.21 bits per heavy atom. The van der Waals surface area contributed by atoms with Gasteiger partial charge in [-0.2, -0.15) is 5.10 Å². The first kappa shape index (κ1) is 22.5. The number of aromatic nitrogens is 2. The average molecular weight is 439 g/mol. The Labute approximate surface area is 195 Å². The monoisotopic (exact) mass is 438 g/mol. The molecule has 1 aliphatic rings. The van der Waals surface area contributed by atoms with Gasteiger partial charge in [-0.25, -0.2) is 0 Å². The largest absolute Gasteiger partial charge is 0.331 e. The van der Waals surface area contributed by atoms with Crippen molar-refractivity contribution in [1.82, 2.24) is 14.7 Å². The summed E-state index contributed by atoms with van der Waals surface area (Å²) >= 11 is 0. The van der Waals surface area contributed by atoms with E-state index in [1.54, 1.807) is 0 Å². The average Bonchev–Trinajstić information content (AvgIpc) is 3.27. The number of unbranched alkanes of at least 4 members (excludes halogenated alkanes) is 1. The van der Waals surface area contributed by atoms with Crippen LogP contribution in [0.4, 0.5) is 0 Å². The molecule has 1 unspecified atom stereocenters. The number of benzene rings is 2. The van der Waals surface area contributed by atoms with Gasteiger partial charge in [0.15, 0.2) is 0 Å². The lowest BCUT2D eigenvalue weighted by atomic mass is 9.99. The van der Waals surface area contributed by atoms with Crippen LogP contribution in [-0.4, -0.2) is 33.3 Å². The Hall–Kier alpha value is -3.65. The standard InChI is InChI=1S/C28H30N4O/c1-4-6-7-24-19-31(18-22-11-9-21(5-2)10-12-22)28(33)27-17-26(30-32(24)27)25-13-8-20(3)16-23(25)14-15-29/h2,8-13,15-17,24,29H,4,6-7,14,18-19H2,1,3H3. The van der Waals surface area contributed by atoms with Crippen LogP contribution in [0.25, 0.3) is 11.3 Å². The fourth-order valence-corrected chi connectivity index (χ4v) is 4.51. The summed E-state index contributed by atoms with van der Waals surface area (Å²) in [5.74, 6) is 2.64. The molecular formula is C28H30N4O. The van der Waals surface area contributed by atoms with Crippen molar-refractivity contribution >= 4 is 12.1 Å². The van der Waals surface area contributed by atoms with Crippen LogP contribution in [0.5, 0.6) is 0 Å². The van der Waals surface area contributed by atoms with Crippen molar-refractivity contribution in [2.45, 2.75) is 52.1 Å². The van der Waals surface area contributed by atoms with E-state index in [0.717, 1.165) is 52.8 Å². The number of rotatable bonds is 8. The Morgan fingerprint density at radius 3 is 2.70 bits per heavy atom. The van der Waals surface area contributed by atoms with E-state index in [9.17, 15) is 4.79 Å². The molecule has 0 saturated carbocycles. The molecule has 33 heavy (non-hydrogen) atoms. The first-order chi connectivity index (χ1) is 16.0. The molecule has 2 heterocycles. The lowest BCUT2D eigenvalue weighted by Gasteiger charge is -2.33. The van der Waals surface area contributed by atoms with E-state index >= 15 is 0 Å². The topological polar surface area (TPSA) is 62.0 Å². The Kier molecular flexibility index (Phi) is 6.74. The molecule has 5 heteroatoms. The highest BCUT2D eigenvalue weighted by Gasteiger charge is 2.33. The van der Waals surface area contributed by atoms with E-state index in [2.05, 4.69) is 31.0 Å². The first-order valence-corrected chi connectivity index (χ1v) is 11.6. The van der Waals surface area contributed by atoms with Gasteiger partial charge >= 0.3 is 0 Å². The van der Waals surface area contributed by atoms with E-state index in [-0.39, 0.29) is 11.9 Å². The number of amides is 1. The second-order valence-electron chi connectivity index (χ2n) is 8.75. The molecule has 1 N–H and O–H groups in total. The number of hydrogen-bond donors (Lipinski definition) is 1. The van der Waals surface area contributed by atoms with Crippen LogP contribution in [0.3, 0.4) is 0 Å². The number of nitrogens with one attached hydrogen (secondary N) is 1. The SMILES string of the molecule is C#Cc1ccc(CN2CC(CCCC)n3nc(-c4ccc(C)cc4CC=N)cc3C2=O)cc1. The zero-order valence-corrected chi connectivity index (χ0v) is 19.3. The van der Waals surface area contributed by atoms with E-state index in [1.165, 1.54) is 6.21 Å². The molecule has 0 aliphatic carbocycles. The van der Waals surface area contributed by atoms with Crippen LogP contribution in [0.15, 0.2) is 48.5 Å². The molecule has 168 valence electrons. The van der Waals surface area contributed by atoms with Gasteiger partial charge in [-0.15, -0.1) is 6.42 Å². The number of aryl methyl sites for hydroxylation is 1. The predicted molar refractivity (Wildman–Crippen MR) is 133 cm³/mol. The molecule has 3 aromatic rings. The first-order valence-electron chi connectivity index (χ1n) is 11.6. The van der Waals surface area contributed by atoms with Gasteiger partial charge in [0.1, 0.15) is 5.69 Å². The molecule has 0 fully saturated rings. The minimum Gasteiger partial charge on any atom is -0.331 e. The van der Waals surface area contributed by atoms with Crippen LogP contribution >= 0.6 is 0 Å². The van der Waals surface area contributed by atoms with E-state index < -0.39 is 0 Å². The van der Waals surface area contributed by atoms with Crippen LogP contribution in [0, 0.1) is 24.7 Å². The molecule has 1 aliphatic heterocycles. The maximum atomic E-state index is 13.5. The molecule has 5 nitrogen and oxygen atoms in total. The molecule has 4 rings (SSSR count). The van der Waals surface area contributed by atoms with Crippen LogP contribution < -0.4 is 0 Å². The van der Waals surface area contributed by atoms with E-state index in [1.807, 2.05) is 46.8 Å². The van der Waals surface area contributed by atoms with Gasteiger partial charge in [-0.3, -0.25) is 9.48 Å². The van der Waals surface area contributed by atoms with Crippen molar-refractivity contribution in [3.63, 3.8) is 0 Å². The summed E-state index contributed by atoms with van der Waals surface area (Å²) in [6.45, 7) is 5.43. The Balaban J connectivity index is 1.69. The summed E-state index contributed by atoms with van der Waals surface area (Å²) in [6, 6.07) is 16.1. The molecule has 1 amide bonds. The Morgan fingerprint density at radius 2 is 2.00 bits per heavy atom. The van der Waals surface area contributed by atoms with Gasteiger partial charge < -0.3 is 10.3 Å². The van der Waals surface area contributed by atoms with Crippen LogP contribution in [-0.2, 0) is 13.0 Å². The van der Waals surface area contributed by atoms with Crippen molar-refractivity contribution in [2.24, 2.45) is 0 Å². The molecule has 0 spiro atoms. The zero-order chi connectivity index (χ0) is 23.4. The predicted octanol–water partition coefficient (Wildman–Crippen LogP) is 5.42. The molecule has 1 aromatic heterocycles. The highest BCUT2D eigenvalue weighted by atomic mass is 16.2. The lowest BCUT2D eigenvalue weighted by molar-refractivity contribution is 0.0635. The third kappa shape index (κ3) is 4.75. The van der Waals surface area contributed by atoms with E-state index in [4.69, 9.17) is 16.9 Å². The van der Waals surface area contributed by atoms with Gasteiger partial charge in [0, 0.05) is 30.6 Å². The second-order valence-corrected chi connectivity index (χ2v) is 8.75. The van der Waals surface area contributed by atoms with Gasteiger partial charge in [-0.05, 0) is 48.9 Å². The number of nitrogens with zero attached hydrogens (tertiary/aromatic N) is 3. The zero-order valence-electron chi connectivity index (χ0n) is 19.3. The van der Waals surface area contributed by atoms with Gasteiger partial charge in [0.25, 0.3) is 5.91 Å². The van der Waals surface area contributed by atoms with Gasteiger partial charge in [0.2, 0.25) is 0 Å². The highest BCUT2D eigenvalue weighted by molar-refractivity contribution is 5.94. The van der Waals surface area contributed by atoms with Crippen LogP contribution in [0.2, 0.25) is 0 Å². The molecular weight excluding hydrogens is 408 g/mol. The van der Waals surface area contributed by atoms with Crippen LogP contribution in [0.1, 0.15) is 65.0 Å². The normalized spacial score (nSPS) is 15.2. The maximum Gasteiger partial charge on any atom is 0.272 e. The van der Waals surface area contributed by atoms with Gasteiger partial charge in [-0.1, -0.05) is 61.6 Å². The number of fused-ring (bicyclic) bond motifs is 1. The summed E-state index contributed by atoms with van der Waals surface area (Å²) < 4.78 is 1.94. The second kappa shape index (κ2) is 9.87. The third-order valence-electron chi connectivity index (χ3n) is 6.26. The Bertz CT molecular complexity index is 1200. The number of terminal acetylenes is 1. The quantitative estimate of drug-likeness (QED) is 0.377. The summed E-state index contributed by atoms with van der Waals surface area (Å²) in [4.78, 5) is 15.4. The molecule has 2 aromatic carbocycles. The van der Waals surface area contributed by atoms with E-state index in [0.29, 0.717) is 25.2 Å². The van der Waals surface area contributed by atoms with Crippen molar-refractivity contribution in [1.29, 1.82) is 5.41 Å². The molecule has 0 radical (unpaired) electrons. The summed E-state index contributed by atoms with van der Waals surface area (Å²) in [7, 11) is 0. The van der Waals surface area contributed by atoms with Crippen molar-refractivity contribution in [3.05, 3.63) is 76.5 Å². The minimum atomic E-state index is 0.00300. The minimum absolute atomic E-state index is 0.00300. The molecule has 0 saturated heterocycles. The number of carbonyl (C=O) groups excluding carboxylic acids is 1. The fourth-order valence-electron chi connectivity index (χ4n) is 4.51. The summed E-state index contributed by atoms with van der Waals surface area (Å²) in [6.07, 6.45) is 10.6. The summed E-state index contributed by atoms with van der Waals surface area (Å²) in [5.41, 5.74) is 6.55. The van der Waals surface area contributed by atoms with Crippen molar-refractivity contribution in [2.75, 3.05) is 6.54 Å². The number of carbonyl (C=O) groups is 1. The number of hydrogen-bond acceptors (Lipinski definition) is 3. The van der Waals surface area contributed by atoms with Gasteiger partial charge in [0.05, 0.1) is 11.7 Å².